The Bertz CT molecular complexity index is 1310. The maximum atomic E-state index is 12.6. The number of carbonyl (C=O) groups is 2. The Labute approximate surface area is 193 Å². The molecule has 168 valence electrons. The van der Waals surface area contributed by atoms with Gasteiger partial charge in [-0.1, -0.05) is 30.4 Å². The molecular weight excluding hydrogens is 414 g/mol. The fourth-order valence-corrected chi connectivity index (χ4v) is 4.28. The van der Waals surface area contributed by atoms with E-state index in [2.05, 4.69) is 40.3 Å². The average Bonchev–Trinajstić information content (AvgIpc) is 3.12. The first-order chi connectivity index (χ1) is 16.0. The van der Waals surface area contributed by atoms with E-state index in [0.29, 0.717) is 12.0 Å². The minimum absolute atomic E-state index is 0.0984. The number of carbonyl (C=O) groups excluding carboxylic acids is 2. The van der Waals surface area contributed by atoms with E-state index in [4.69, 9.17) is 5.26 Å². The number of nitrogens with zero attached hydrogens (tertiary/aromatic N) is 3. The van der Waals surface area contributed by atoms with Gasteiger partial charge in [0.05, 0.1) is 25.2 Å². The molecule has 33 heavy (non-hydrogen) atoms. The molecule has 0 fully saturated rings. The summed E-state index contributed by atoms with van der Waals surface area (Å²) in [5.41, 5.74) is 3.65. The molecule has 1 heterocycles. The number of nitriles is 1. The quantitative estimate of drug-likeness (QED) is 0.586. The normalized spacial score (nSPS) is 15.5. The van der Waals surface area contributed by atoms with Gasteiger partial charge in [0.2, 0.25) is 11.8 Å². The monoisotopic (exact) mass is 441 g/mol. The van der Waals surface area contributed by atoms with Crippen LogP contribution in [0.15, 0.2) is 66.3 Å². The summed E-state index contributed by atoms with van der Waals surface area (Å²) < 4.78 is 2.26. The Balaban J connectivity index is 1.35. The number of anilines is 1. The molecule has 0 saturated heterocycles. The molecule has 4 rings (SSSR count). The van der Waals surface area contributed by atoms with Gasteiger partial charge in [0, 0.05) is 39.6 Å². The molecule has 3 aromatic rings. The molecule has 7 nitrogen and oxygen atoms in total. The van der Waals surface area contributed by atoms with Crippen LogP contribution in [0.25, 0.3) is 21.8 Å². The Hall–Kier alpha value is -3.89. The first-order valence-electron chi connectivity index (χ1n) is 11.1. The number of aromatic nitrogens is 1. The average molecular weight is 442 g/mol. The molecule has 7 heteroatoms. The molecule has 2 amide bonds. The van der Waals surface area contributed by atoms with Gasteiger partial charge in [0.25, 0.3) is 0 Å². The molecule has 1 aliphatic carbocycles. The van der Waals surface area contributed by atoms with Crippen LogP contribution in [0.4, 0.5) is 5.69 Å². The van der Waals surface area contributed by atoms with E-state index in [1.54, 1.807) is 24.1 Å². The van der Waals surface area contributed by atoms with Gasteiger partial charge in [0.15, 0.2) is 0 Å². The van der Waals surface area contributed by atoms with Crippen molar-refractivity contribution in [3.63, 3.8) is 0 Å². The van der Waals surface area contributed by atoms with E-state index in [1.165, 1.54) is 5.52 Å². The summed E-state index contributed by atoms with van der Waals surface area (Å²) >= 11 is 0. The minimum atomic E-state index is -0.178. The van der Waals surface area contributed by atoms with E-state index in [-0.39, 0.29) is 30.9 Å². The minimum Gasteiger partial charge on any atom is -0.348 e. The zero-order valence-electron chi connectivity index (χ0n) is 18.8. The fraction of sp³-hybridized carbons (Fsp3) is 0.269. The molecule has 1 aliphatic rings. The van der Waals surface area contributed by atoms with Crippen molar-refractivity contribution in [3.05, 3.63) is 66.3 Å². The predicted octanol–water partition coefficient (Wildman–Crippen LogP) is 3.58. The maximum Gasteiger partial charge on any atom is 0.238 e. The van der Waals surface area contributed by atoms with Crippen molar-refractivity contribution in [1.82, 2.24) is 14.8 Å². The first-order valence-corrected chi connectivity index (χ1v) is 11.1. The second-order valence-corrected chi connectivity index (χ2v) is 8.25. The lowest BCUT2D eigenvalue weighted by Crippen LogP contribution is -2.42. The molecule has 0 spiro atoms. The van der Waals surface area contributed by atoms with Crippen LogP contribution in [-0.2, 0) is 16.1 Å². The van der Waals surface area contributed by atoms with E-state index in [9.17, 15) is 9.59 Å². The zero-order chi connectivity index (χ0) is 23.4. The van der Waals surface area contributed by atoms with Gasteiger partial charge >= 0.3 is 0 Å². The Morgan fingerprint density at radius 1 is 1.12 bits per heavy atom. The first kappa shape index (κ1) is 22.3. The highest BCUT2D eigenvalue weighted by molar-refractivity contribution is 6.09. The molecule has 0 saturated carbocycles. The van der Waals surface area contributed by atoms with Gasteiger partial charge in [-0.05, 0) is 50.7 Å². The Morgan fingerprint density at radius 2 is 1.88 bits per heavy atom. The number of rotatable bonds is 7. The largest absolute Gasteiger partial charge is 0.348 e. The number of likely N-dealkylation sites (N-methyl/N-ethyl adjacent to an activating group) is 1. The lowest BCUT2D eigenvalue weighted by Gasteiger charge is -2.20. The van der Waals surface area contributed by atoms with Crippen LogP contribution >= 0.6 is 0 Å². The summed E-state index contributed by atoms with van der Waals surface area (Å²) in [5.74, 6) is -0.342. The van der Waals surface area contributed by atoms with Crippen LogP contribution in [0.1, 0.15) is 13.3 Å². The highest BCUT2D eigenvalue weighted by Gasteiger charge is 2.16. The number of hydrogen-bond acceptors (Lipinski definition) is 4. The number of allylic oxidation sites excluding steroid dienone is 2. The molecule has 1 atom stereocenters. The van der Waals surface area contributed by atoms with Gasteiger partial charge in [-0.15, -0.1) is 0 Å². The van der Waals surface area contributed by atoms with Crippen LogP contribution in [0.5, 0.6) is 0 Å². The second kappa shape index (κ2) is 9.72. The van der Waals surface area contributed by atoms with Crippen molar-refractivity contribution >= 4 is 39.3 Å². The number of fused-ring (bicyclic) bond motifs is 3. The zero-order valence-corrected chi connectivity index (χ0v) is 18.8. The van der Waals surface area contributed by atoms with Crippen LogP contribution in [0.3, 0.4) is 0 Å². The number of nitrogens with one attached hydrogen (secondary N) is 2. The number of aryl methyl sites for hydroxylation is 1. The molecule has 1 aromatic heterocycles. The van der Waals surface area contributed by atoms with Crippen LogP contribution in [0.2, 0.25) is 0 Å². The lowest BCUT2D eigenvalue weighted by molar-refractivity contribution is -0.123. The standard InChI is InChI=1S/C26H27N5O2/c1-3-31-23-7-5-4-6-21(23)22-14-20(12-13-24(22)31)29-26(33)17-30(2)16-25(32)28-19-10-8-18(15-27)9-11-19/h4-10,12-14,19H,3,11,16-17H2,1-2H3,(H,28,32)(H,29,33). The molecule has 0 aliphatic heterocycles. The molecule has 1 unspecified atom stereocenters. The molecule has 0 radical (unpaired) electrons. The van der Waals surface area contributed by atoms with Gasteiger partial charge in [0.1, 0.15) is 0 Å². The van der Waals surface area contributed by atoms with E-state index in [1.807, 2.05) is 36.4 Å². The third kappa shape index (κ3) is 4.97. The summed E-state index contributed by atoms with van der Waals surface area (Å²) in [5, 5.41) is 17.0. The summed E-state index contributed by atoms with van der Waals surface area (Å²) in [6, 6.07) is 16.2. The fourth-order valence-electron chi connectivity index (χ4n) is 4.28. The van der Waals surface area contributed by atoms with Crippen molar-refractivity contribution in [2.45, 2.75) is 25.9 Å². The SMILES string of the molecule is CCn1c2ccccc2c2cc(NC(=O)CN(C)CC(=O)NC3C=CC(C#N)=CC3)ccc21. The number of benzene rings is 2. The van der Waals surface area contributed by atoms with Crippen LogP contribution < -0.4 is 10.6 Å². The van der Waals surface area contributed by atoms with E-state index in [0.717, 1.165) is 28.5 Å². The van der Waals surface area contributed by atoms with Crippen molar-refractivity contribution in [1.29, 1.82) is 5.26 Å². The number of para-hydroxylation sites is 1. The summed E-state index contributed by atoms with van der Waals surface area (Å²) in [6.07, 6.45) is 5.91. The maximum absolute atomic E-state index is 12.6. The van der Waals surface area contributed by atoms with E-state index < -0.39 is 0 Å². The third-order valence-electron chi connectivity index (χ3n) is 5.77. The van der Waals surface area contributed by atoms with Gasteiger partial charge in [-0.2, -0.15) is 5.26 Å². The van der Waals surface area contributed by atoms with Gasteiger partial charge < -0.3 is 15.2 Å². The predicted molar refractivity (Wildman–Crippen MR) is 131 cm³/mol. The summed E-state index contributed by atoms with van der Waals surface area (Å²) in [6.45, 7) is 3.20. The van der Waals surface area contributed by atoms with E-state index >= 15 is 0 Å². The van der Waals surface area contributed by atoms with Crippen LogP contribution in [0, 0.1) is 11.3 Å². The molecule has 0 bridgehead atoms. The lowest BCUT2D eigenvalue weighted by atomic mass is 10.0. The summed E-state index contributed by atoms with van der Waals surface area (Å²) in [4.78, 5) is 26.6. The number of amides is 2. The van der Waals surface area contributed by atoms with Crippen molar-refractivity contribution in [2.75, 3.05) is 25.5 Å². The van der Waals surface area contributed by atoms with Gasteiger partial charge in [-0.25, -0.2) is 0 Å². The number of hydrogen-bond donors (Lipinski definition) is 2. The molecular formula is C26H27N5O2. The highest BCUT2D eigenvalue weighted by Crippen LogP contribution is 2.30. The summed E-state index contributed by atoms with van der Waals surface area (Å²) in [7, 11) is 1.74. The van der Waals surface area contributed by atoms with Crippen molar-refractivity contribution in [3.8, 4) is 6.07 Å². The van der Waals surface area contributed by atoms with Gasteiger partial charge in [-0.3, -0.25) is 14.5 Å². The van der Waals surface area contributed by atoms with Crippen LogP contribution in [-0.4, -0.2) is 47.5 Å². The molecule has 2 aromatic carbocycles. The Morgan fingerprint density at radius 3 is 2.61 bits per heavy atom. The smallest absolute Gasteiger partial charge is 0.238 e. The Kier molecular flexibility index (Phi) is 6.57. The highest BCUT2D eigenvalue weighted by atomic mass is 16.2. The van der Waals surface area contributed by atoms with Crippen molar-refractivity contribution in [2.24, 2.45) is 0 Å². The van der Waals surface area contributed by atoms with Crippen molar-refractivity contribution < 1.29 is 9.59 Å². The molecule has 2 N–H and O–H groups in total. The topological polar surface area (TPSA) is 90.2 Å². The third-order valence-corrected chi connectivity index (χ3v) is 5.77. The second-order valence-electron chi connectivity index (χ2n) is 8.25.